The van der Waals surface area contributed by atoms with E-state index in [2.05, 4.69) is 5.32 Å². The molecule has 0 spiro atoms. The van der Waals surface area contributed by atoms with Gasteiger partial charge in [-0.2, -0.15) is 0 Å². The summed E-state index contributed by atoms with van der Waals surface area (Å²) in [6, 6.07) is 15.1. The van der Waals surface area contributed by atoms with Crippen molar-refractivity contribution < 1.29 is 4.79 Å². The maximum absolute atomic E-state index is 12.2. The number of carbonyl (C=O) groups excluding carboxylic acids is 1. The quantitative estimate of drug-likeness (QED) is 0.639. The average Bonchev–Trinajstić information content (AvgIpc) is 2.47. The minimum absolute atomic E-state index is 0.123. The van der Waals surface area contributed by atoms with E-state index < -0.39 is 0 Å². The predicted molar refractivity (Wildman–Crippen MR) is 86.9 cm³/mol. The third-order valence-corrected chi connectivity index (χ3v) is 3.97. The van der Waals surface area contributed by atoms with Crippen LogP contribution in [0.2, 0.25) is 0 Å². The molecule has 0 saturated heterocycles. The number of benzene rings is 2. The van der Waals surface area contributed by atoms with Crippen LogP contribution in [0.4, 0.5) is 5.69 Å². The van der Waals surface area contributed by atoms with E-state index in [0.717, 1.165) is 16.1 Å². The number of amides is 1. The molecule has 20 heavy (non-hydrogen) atoms. The Hall–Kier alpha value is -1.45. The number of halogens is 1. The first-order valence-electron chi connectivity index (χ1n) is 6.30. The largest absolute Gasteiger partial charge is 0.322 e. The lowest BCUT2D eigenvalue weighted by atomic mass is 10.1. The molecule has 104 valence electrons. The Morgan fingerprint density at radius 2 is 1.80 bits per heavy atom. The third-order valence-electron chi connectivity index (χ3n) is 2.99. The second-order valence-corrected chi connectivity index (χ2v) is 5.92. The van der Waals surface area contributed by atoms with Crippen LogP contribution in [0.1, 0.15) is 28.2 Å². The summed E-state index contributed by atoms with van der Waals surface area (Å²) in [6.07, 6.45) is 2.01. The highest BCUT2D eigenvalue weighted by Crippen LogP contribution is 2.27. The molecule has 2 aromatic rings. The van der Waals surface area contributed by atoms with Gasteiger partial charge in [0, 0.05) is 16.1 Å². The van der Waals surface area contributed by atoms with Gasteiger partial charge in [-0.15, -0.1) is 23.4 Å². The van der Waals surface area contributed by atoms with Gasteiger partial charge in [0.1, 0.15) is 0 Å². The van der Waals surface area contributed by atoms with Crippen LogP contribution in [0.15, 0.2) is 53.4 Å². The van der Waals surface area contributed by atoms with Crippen LogP contribution in [0.3, 0.4) is 0 Å². The molecule has 4 heteroatoms. The van der Waals surface area contributed by atoms with Crippen LogP contribution in [-0.2, 0) is 0 Å². The Kier molecular flexibility index (Phi) is 5.10. The fourth-order valence-electron chi connectivity index (χ4n) is 1.89. The second-order valence-electron chi connectivity index (χ2n) is 4.39. The van der Waals surface area contributed by atoms with Crippen LogP contribution in [0.25, 0.3) is 0 Å². The summed E-state index contributed by atoms with van der Waals surface area (Å²) < 4.78 is 0. The van der Waals surface area contributed by atoms with Crippen LogP contribution in [-0.4, -0.2) is 12.2 Å². The monoisotopic (exact) mass is 305 g/mol. The molecule has 1 unspecified atom stereocenters. The Balaban J connectivity index is 2.19. The Labute approximate surface area is 128 Å². The highest BCUT2D eigenvalue weighted by molar-refractivity contribution is 7.98. The van der Waals surface area contributed by atoms with Gasteiger partial charge in [-0.05, 0) is 49.1 Å². The van der Waals surface area contributed by atoms with E-state index in [1.54, 1.807) is 11.8 Å². The fourth-order valence-corrected chi connectivity index (χ4v) is 2.49. The van der Waals surface area contributed by atoms with Gasteiger partial charge in [-0.25, -0.2) is 0 Å². The van der Waals surface area contributed by atoms with E-state index in [1.165, 1.54) is 0 Å². The summed E-state index contributed by atoms with van der Waals surface area (Å²) in [6.45, 7) is 1.89. The van der Waals surface area contributed by atoms with Gasteiger partial charge < -0.3 is 5.32 Å². The molecule has 0 aliphatic carbocycles. The SMILES string of the molecule is CSc1ccc(C(=O)Nc2ccccc2C(C)Cl)cc1. The first kappa shape index (κ1) is 14.9. The zero-order chi connectivity index (χ0) is 14.5. The van der Waals surface area contributed by atoms with Crippen molar-refractivity contribution in [3.05, 3.63) is 59.7 Å². The Morgan fingerprint density at radius 3 is 2.40 bits per heavy atom. The molecule has 2 aromatic carbocycles. The molecule has 1 atom stereocenters. The summed E-state index contributed by atoms with van der Waals surface area (Å²) in [5.41, 5.74) is 2.32. The van der Waals surface area contributed by atoms with Crippen molar-refractivity contribution in [3.8, 4) is 0 Å². The number of alkyl halides is 1. The van der Waals surface area contributed by atoms with Crippen molar-refractivity contribution in [2.45, 2.75) is 17.2 Å². The Bertz CT molecular complexity index is 596. The van der Waals surface area contributed by atoms with E-state index >= 15 is 0 Å². The molecule has 0 heterocycles. The van der Waals surface area contributed by atoms with Crippen molar-refractivity contribution in [1.82, 2.24) is 0 Å². The molecular formula is C16H16ClNOS. The van der Waals surface area contributed by atoms with Gasteiger partial charge >= 0.3 is 0 Å². The highest BCUT2D eigenvalue weighted by Gasteiger charge is 2.11. The number of thioether (sulfide) groups is 1. The molecule has 1 amide bonds. The van der Waals surface area contributed by atoms with E-state index in [0.29, 0.717) is 5.56 Å². The van der Waals surface area contributed by atoms with Gasteiger partial charge in [0.15, 0.2) is 0 Å². The van der Waals surface area contributed by atoms with Crippen LogP contribution < -0.4 is 5.32 Å². The van der Waals surface area contributed by atoms with Gasteiger partial charge in [0.25, 0.3) is 5.91 Å². The summed E-state index contributed by atoms with van der Waals surface area (Å²) in [5.74, 6) is -0.123. The smallest absolute Gasteiger partial charge is 0.255 e. The van der Waals surface area contributed by atoms with Crippen molar-refractivity contribution in [2.75, 3.05) is 11.6 Å². The minimum Gasteiger partial charge on any atom is -0.322 e. The van der Waals surface area contributed by atoms with Gasteiger partial charge in [0.05, 0.1) is 5.38 Å². The standard InChI is InChI=1S/C16H16ClNOS/c1-11(17)14-5-3-4-6-15(14)18-16(19)12-7-9-13(20-2)10-8-12/h3-11H,1-2H3,(H,18,19). The number of carbonyl (C=O) groups is 1. The topological polar surface area (TPSA) is 29.1 Å². The maximum Gasteiger partial charge on any atom is 0.255 e. The summed E-state index contributed by atoms with van der Waals surface area (Å²) in [7, 11) is 0. The molecule has 0 fully saturated rings. The predicted octanol–water partition coefficient (Wildman–Crippen LogP) is 4.96. The van der Waals surface area contributed by atoms with E-state index in [1.807, 2.05) is 61.7 Å². The minimum atomic E-state index is -0.148. The molecule has 0 aromatic heterocycles. The molecule has 2 nitrogen and oxygen atoms in total. The van der Waals surface area contributed by atoms with Crippen molar-refractivity contribution >= 4 is 35.0 Å². The number of para-hydroxylation sites is 1. The summed E-state index contributed by atoms with van der Waals surface area (Å²) in [4.78, 5) is 13.4. The molecule has 2 rings (SSSR count). The number of hydrogen-bond acceptors (Lipinski definition) is 2. The molecule has 0 bridgehead atoms. The van der Waals surface area contributed by atoms with Gasteiger partial charge in [-0.1, -0.05) is 18.2 Å². The number of hydrogen-bond donors (Lipinski definition) is 1. The molecule has 0 aliphatic heterocycles. The lowest BCUT2D eigenvalue weighted by Gasteiger charge is -2.12. The summed E-state index contributed by atoms with van der Waals surface area (Å²) in [5, 5.41) is 2.77. The zero-order valence-corrected chi connectivity index (χ0v) is 13.0. The molecule has 1 N–H and O–H groups in total. The summed E-state index contributed by atoms with van der Waals surface area (Å²) >= 11 is 7.77. The number of rotatable bonds is 4. The maximum atomic E-state index is 12.2. The fraction of sp³-hybridized carbons (Fsp3) is 0.188. The molecular weight excluding hydrogens is 290 g/mol. The first-order valence-corrected chi connectivity index (χ1v) is 7.96. The van der Waals surface area contributed by atoms with Gasteiger partial charge in [0.2, 0.25) is 0 Å². The molecule has 0 radical (unpaired) electrons. The van der Waals surface area contributed by atoms with Crippen molar-refractivity contribution in [1.29, 1.82) is 0 Å². The number of anilines is 1. The highest BCUT2D eigenvalue weighted by atomic mass is 35.5. The third kappa shape index (κ3) is 3.56. The second kappa shape index (κ2) is 6.82. The van der Waals surface area contributed by atoms with E-state index in [9.17, 15) is 4.79 Å². The lowest BCUT2D eigenvalue weighted by Crippen LogP contribution is -2.13. The Morgan fingerprint density at radius 1 is 1.15 bits per heavy atom. The van der Waals surface area contributed by atoms with Crippen molar-refractivity contribution in [2.24, 2.45) is 0 Å². The van der Waals surface area contributed by atoms with Crippen LogP contribution >= 0.6 is 23.4 Å². The van der Waals surface area contributed by atoms with Gasteiger partial charge in [-0.3, -0.25) is 4.79 Å². The normalized spacial score (nSPS) is 11.9. The average molecular weight is 306 g/mol. The zero-order valence-electron chi connectivity index (χ0n) is 11.4. The van der Waals surface area contributed by atoms with E-state index in [-0.39, 0.29) is 11.3 Å². The van der Waals surface area contributed by atoms with Crippen LogP contribution in [0.5, 0.6) is 0 Å². The first-order chi connectivity index (χ1) is 9.61. The van der Waals surface area contributed by atoms with Crippen LogP contribution in [0, 0.1) is 0 Å². The lowest BCUT2D eigenvalue weighted by molar-refractivity contribution is 0.102. The van der Waals surface area contributed by atoms with E-state index in [4.69, 9.17) is 11.6 Å². The van der Waals surface area contributed by atoms with Crippen molar-refractivity contribution in [3.63, 3.8) is 0 Å². The number of nitrogens with one attached hydrogen (secondary N) is 1. The molecule has 0 saturated carbocycles. The molecule has 0 aliphatic rings.